The van der Waals surface area contributed by atoms with Crippen LogP contribution in [0.1, 0.15) is 34.6 Å². The number of aromatic nitrogens is 3. The Morgan fingerprint density at radius 3 is 1.81 bits per heavy atom. The number of nitrogens with two attached hydrogens (primary N) is 1. The molecule has 1 aromatic carbocycles. The van der Waals surface area contributed by atoms with Crippen molar-refractivity contribution in [3.63, 3.8) is 0 Å². The summed E-state index contributed by atoms with van der Waals surface area (Å²) in [6.07, 6.45) is 2.65. The molecular formula is C19H23F5N4O2S. The Labute approximate surface area is 181 Å². The molecule has 172 valence electrons. The molecule has 31 heavy (non-hydrogen) atoms. The molecule has 2 aromatic heterocycles. The van der Waals surface area contributed by atoms with Gasteiger partial charge in [-0.25, -0.2) is 31.9 Å². The Bertz CT molecular complexity index is 994. The van der Waals surface area contributed by atoms with Crippen molar-refractivity contribution in [1.29, 1.82) is 0 Å². The number of hydrogen-bond acceptors (Lipinski definition) is 5. The van der Waals surface area contributed by atoms with Crippen LogP contribution in [0.25, 0.3) is 22.3 Å². The molecule has 0 radical (unpaired) electrons. The quantitative estimate of drug-likeness (QED) is 0.153. The number of nitrogens with zero attached hydrogens (tertiary/aromatic N) is 3. The summed E-state index contributed by atoms with van der Waals surface area (Å²) in [5.41, 5.74) is -1.48. The van der Waals surface area contributed by atoms with Gasteiger partial charge in [0.2, 0.25) is 5.82 Å². The molecule has 0 atom stereocenters. The molecule has 2 heterocycles. The average Bonchev–Trinajstić information content (AvgIpc) is 3.20. The third-order valence-corrected chi connectivity index (χ3v) is 3.65. The van der Waals surface area contributed by atoms with Gasteiger partial charge in [-0.2, -0.15) is 0 Å². The van der Waals surface area contributed by atoms with Crippen LogP contribution < -0.4 is 5.14 Å². The first-order valence-electron chi connectivity index (χ1n) is 8.74. The van der Waals surface area contributed by atoms with Gasteiger partial charge in [0.15, 0.2) is 23.3 Å². The van der Waals surface area contributed by atoms with Crippen LogP contribution in [0.15, 0.2) is 18.6 Å². The van der Waals surface area contributed by atoms with E-state index in [1.165, 1.54) is 6.07 Å². The van der Waals surface area contributed by atoms with Crippen molar-refractivity contribution in [2.24, 2.45) is 5.14 Å². The molecule has 12 heteroatoms. The average molecular weight is 466 g/mol. The minimum Gasteiger partial charge on any atom is -0.483 e. The molecule has 0 unspecified atom stereocenters. The van der Waals surface area contributed by atoms with Gasteiger partial charge < -0.3 is 9.67 Å². The molecular weight excluding hydrogens is 443 g/mol. The highest BCUT2D eigenvalue weighted by molar-refractivity contribution is 7.77. The lowest BCUT2D eigenvalue weighted by Gasteiger charge is -2.21. The maximum Gasteiger partial charge on any atom is 0.290 e. The molecule has 0 saturated carbocycles. The van der Waals surface area contributed by atoms with Crippen LogP contribution in [-0.4, -0.2) is 26.1 Å². The number of fused-ring (bicyclic) bond motifs is 1. The maximum absolute atomic E-state index is 14.1. The third kappa shape index (κ3) is 5.91. The molecule has 0 aliphatic carbocycles. The summed E-state index contributed by atoms with van der Waals surface area (Å²) in [5, 5.41) is 11.3. The van der Waals surface area contributed by atoms with E-state index >= 15 is 0 Å². The highest BCUT2D eigenvalue weighted by Crippen LogP contribution is 2.35. The smallest absolute Gasteiger partial charge is 0.290 e. The Kier molecular flexibility index (Phi) is 11.1. The number of benzene rings is 1. The Balaban J connectivity index is 0.00000116. The van der Waals surface area contributed by atoms with Crippen LogP contribution in [0, 0.1) is 29.1 Å². The number of thiol groups is 1. The number of hydrogen-bond donors (Lipinski definition) is 3. The number of halogens is 5. The molecule has 0 aliphatic rings. The second-order valence-corrected chi connectivity index (χ2v) is 6.37. The Hall–Kier alpha value is -2.73. The summed E-state index contributed by atoms with van der Waals surface area (Å²) in [7, 11) is 0. The molecule has 3 rings (SSSR count). The molecule has 6 nitrogen and oxygen atoms in total. The second kappa shape index (κ2) is 12.2. The molecule has 3 N–H and O–H groups in total. The topological polar surface area (TPSA) is 94.0 Å². The van der Waals surface area contributed by atoms with Crippen LogP contribution >= 0.6 is 12.8 Å². The van der Waals surface area contributed by atoms with E-state index in [0.29, 0.717) is 5.65 Å². The highest BCUT2D eigenvalue weighted by atomic mass is 32.1. The first-order chi connectivity index (χ1) is 14.6. The van der Waals surface area contributed by atoms with Gasteiger partial charge in [0.1, 0.15) is 12.0 Å². The fourth-order valence-electron chi connectivity index (χ4n) is 2.50. The van der Waals surface area contributed by atoms with Crippen molar-refractivity contribution >= 4 is 30.3 Å². The van der Waals surface area contributed by atoms with Crippen LogP contribution in [0.2, 0.25) is 0 Å². The van der Waals surface area contributed by atoms with Crippen molar-refractivity contribution < 1.29 is 31.9 Å². The fraction of sp³-hybridized carbons (Fsp3) is 0.316. The van der Waals surface area contributed by atoms with E-state index in [0.717, 1.165) is 6.33 Å². The third-order valence-electron chi connectivity index (χ3n) is 3.65. The zero-order valence-corrected chi connectivity index (χ0v) is 18.3. The predicted octanol–water partition coefficient (Wildman–Crippen LogP) is 5.07. The lowest BCUT2D eigenvalue weighted by Crippen LogP contribution is -2.20. The van der Waals surface area contributed by atoms with Crippen LogP contribution in [0.5, 0.6) is 0 Å². The molecule has 0 bridgehead atoms. The van der Waals surface area contributed by atoms with E-state index in [-0.39, 0.29) is 17.6 Å². The normalized spacial score (nSPS) is 10.2. The van der Waals surface area contributed by atoms with E-state index < -0.39 is 40.2 Å². The van der Waals surface area contributed by atoms with Crippen molar-refractivity contribution in [1.82, 2.24) is 14.5 Å². The minimum absolute atomic E-state index is 0.190. The first-order valence-corrected chi connectivity index (χ1v) is 9.25. The minimum atomic E-state index is -2.20. The predicted molar refractivity (Wildman–Crippen MR) is 111 cm³/mol. The van der Waals surface area contributed by atoms with Crippen molar-refractivity contribution in [2.75, 3.05) is 0 Å². The molecule has 0 spiro atoms. The monoisotopic (exact) mass is 466 g/mol. The van der Waals surface area contributed by atoms with Crippen molar-refractivity contribution in [2.45, 2.75) is 40.2 Å². The fourth-order valence-corrected chi connectivity index (χ4v) is 2.50. The van der Waals surface area contributed by atoms with Crippen molar-refractivity contribution in [3.05, 3.63) is 47.7 Å². The molecule has 0 saturated heterocycles. The summed E-state index contributed by atoms with van der Waals surface area (Å²) in [6, 6.07) is 1.48. The molecule has 3 aromatic rings. The van der Waals surface area contributed by atoms with E-state index in [9.17, 15) is 22.0 Å². The maximum atomic E-state index is 14.1. The summed E-state index contributed by atoms with van der Waals surface area (Å²) in [5.74, 6) is -10.1. The Morgan fingerprint density at radius 1 is 0.968 bits per heavy atom. The lowest BCUT2D eigenvalue weighted by molar-refractivity contribution is -0.122. The highest BCUT2D eigenvalue weighted by Gasteiger charge is 2.29. The van der Waals surface area contributed by atoms with E-state index in [1.807, 2.05) is 34.6 Å². The number of rotatable bonds is 1. The first kappa shape index (κ1) is 28.3. The van der Waals surface area contributed by atoms with Gasteiger partial charge in [-0.15, -0.1) is 12.8 Å². The van der Waals surface area contributed by atoms with Crippen LogP contribution in [0.4, 0.5) is 22.0 Å². The molecule has 0 fully saturated rings. The van der Waals surface area contributed by atoms with E-state index in [1.54, 1.807) is 10.8 Å². The van der Waals surface area contributed by atoms with Crippen LogP contribution in [-0.2, 0) is 10.3 Å². The second-order valence-electron chi connectivity index (χ2n) is 6.37. The number of carbonyl (C=O) groups is 1. The van der Waals surface area contributed by atoms with Gasteiger partial charge in [-0.1, -0.05) is 13.8 Å². The molecule has 0 aliphatic heterocycles. The summed E-state index contributed by atoms with van der Waals surface area (Å²) in [6.45, 7) is 9.39. The van der Waals surface area contributed by atoms with Gasteiger partial charge in [-0.05, 0) is 26.8 Å². The zero-order chi connectivity index (χ0) is 24.5. The lowest BCUT2D eigenvalue weighted by atomic mass is 10.1. The van der Waals surface area contributed by atoms with Gasteiger partial charge >= 0.3 is 0 Å². The van der Waals surface area contributed by atoms with Crippen LogP contribution in [0.3, 0.4) is 0 Å². The molecule has 0 amide bonds. The van der Waals surface area contributed by atoms with Gasteiger partial charge in [0.05, 0.1) is 11.3 Å². The van der Waals surface area contributed by atoms with E-state index in [4.69, 9.17) is 9.90 Å². The largest absolute Gasteiger partial charge is 0.483 e. The van der Waals surface area contributed by atoms with Crippen molar-refractivity contribution in [3.8, 4) is 11.3 Å². The van der Waals surface area contributed by atoms with Gasteiger partial charge in [0.25, 0.3) is 6.47 Å². The zero-order valence-electron chi connectivity index (χ0n) is 17.4. The summed E-state index contributed by atoms with van der Waals surface area (Å²) < 4.78 is 70.0. The number of carboxylic acid groups (broad SMARTS) is 1. The van der Waals surface area contributed by atoms with Gasteiger partial charge in [-0.3, -0.25) is 9.93 Å². The Morgan fingerprint density at radius 2 is 1.39 bits per heavy atom. The SMILES string of the molecule is CC.CC(C)(C)n1ccc2c(-c3c(F)c(F)c(F)c(F)c3F)ncnc21.NS.O=CO. The standard InChI is InChI=1S/C16H12F5N3.C2H6.CH2O2.H3NS/c1-16(2,3)24-5-4-7-14(22-6-23-15(7)24)8-9(17)11(19)13(21)12(20)10(8)18;1-2;2-1-3;1-2/h4-6H,1-3H3;1-2H3;1H,(H,2,3);2H,1H2. The van der Waals surface area contributed by atoms with E-state index in [2.05, 4.69) is 27.9 Å². The van der Waals surface area contributed by atoms with Gasteiger partial charge in [0, 0.05) is 17.1 Å². The summed E-state index contributed by atoms with van der Waals surface area (Å²) in [4.78, 5) is 16.2. The summed E-state index contributed by atoms with van der Waals surface area (Å²) >= 11 is 3.03.